The molecule has 1 saturated heterocycles. The van der Waals surface area contributed by atoms with E-state index in [0.29, 0.717) is 22.9 Å². The first kappa shape index (κ1) is 16.4. The molecule has 1 atom stereocenters. The average molecular weight is 365 g/mol. The van der Waals surface area contributed by atoms with E-state index in [2.05, 4.69) is 19.9 Å². The van der Waals surface area contributed by atoms with Gasteiger partial charge in [-0.3, -0.25) is 4.90 Å². The molecule has 132 valence electrons. The number of benzene rings is 1. The molecule has 3 heterocycles. The number of hydrogen-bond acceptors (Lipinski definition) is 6. The standard InChI is InChI=1S/C16H17F2N5OS/c1-21-4-6-22(7-5-21)13(11-8-10(17)2-3-12(11)18)14-15(24)23-16(25-14)19-9-20-23/h2-3,8-9,13,24H,4-7H2,1H3/t13-/m0/s1. The predicted octanol–water partition coefficient (Wildman–Crippen LogP) is 2.11. The van der Waals surface area contributed by atoms with Gasteiger partial charge in [0.05, 0.1) is 10.9 Å². The van der Waals surface area contributed by atoms with Gasteiger partial charge in [0.2, 0.25) is 10.8 Å². The van der Waals surface area contributed by atoms with Crippen LogP contribution in [-0.4, -0.2) is 62.7 Å². The van der Waals surface area contributed by atoms with Crippen molar-refractivity contribution >= 4 is 16.3 Å². The Morgan fingerprint density at radius 2 is 1.96 bits per heavy atom. The van der Waals surface area contributed by atoms with Gasteiger partial charge in [0.1, 0.15) is 18.0 Å². The molecule has 0 radical (unpaired) electrons. The number of thiazole rings is 1. The second kappa shape index (κ2) is 6.32. The summed E-state index contributed by atoms with van der Waals surface area (Å²) in [5, 5.41) is 14.6. The molecule has 0 spiro atoms. The smallest absolute Gasteiger partial charge is 0.230 e. The van der Waals surface area contributed by atoms with E-state index < -0.39 is 17.7 Å². The third-order valence-corrected chi connectivity index (χ3v) is 5.63. The number of nitrogens with zero attached hydrogens (tertiary/aromatic N) is 5. The maximum atomic E-state index is 14.5. The Labute approximate surface area is 146 Å². The molecule has 1 aromatic carbocycles. The fourth-order valence-electron chi connectivity index (χ4n) is 3.18. The van der Waals surface area contributed by atoms with Gasteiger partial charge in [0.25, 0.3) is 0 Å². The molecular weight excluding hydrogens is 348 g/mol. The van der Waals surface area contributed by atoms with E-state index in [0.717, 1.165) is 25.2 Å². The van der Waals surface area contributed by atoms with Crippen LogP contribution in [0, 0.1) is 11.6 Å². The van der Waals surface area contributed by atoms with Gasteiger partial charge in [0, 0.05) is 31.7 Å². The van der Waals surface area contributed by atoms with E-state index >= 15 is 0 Å². The van der Waals surface area contributed by atoms with Crippen molar-refractivity contribution < 1.29 is 13.9 Å². The summed E-state index contributed by atoms with van der Waals surface area (Å²) < 4.78 is 29.7. The van der Waals surface area contributed by atoms with Crippen LogP contribution in [0.5, 0.6) is 5.88 Å². The summed E-state index contributed by atoms with van der Waals surface area (Å²) in [5.41, 5.74) is 0.212. The summed E-state index contributed by atoms with van der Waals surface area (Å²) in [6, 6.07) is 2.84. The van der Waals surface area contributed by atoms with Crippen molar-refractivity contribution in [1.29, 1.82) is 0 Å². The van der Waals surface area contributed by atoms with E-state index in [9.17, 15) is 13.9 Å². The van der Waals surface area contributed by atoms with E-state index in [-0.39, 0.29) is 11.4 Å². The summed E-state index contributed by atoms with van der Waals surface area (Å²) in [4.78, 5) is 9.36. The van der Waals surface area contributed by atoms with Crippen LogP contribution in [-0.2, 0) is 0 Å². The van der Waals surface area contributed by atoms with E-state index in [1.807, 2.05) is 7.05 Å². The lowest BCUT2D eigenvalue weighted by Crippen LogP contribution is -2.46. The van der Waals surface area contributed by atoms with Gasteiger partial charge in [-0.2, -0.15) is 9.61 Å². The van der Waals surface area contributed by atoms with Gasteiger partial charge in [-0.25, -0.2) is 13.8 Å². The highest BCUT2D eigenvalue weighted by atomic mass is 32.1. The number of fused-ring (bicyclic) bond motifs is 1. The van der Waals surface area contributed by atoms with Gasteiger partial charge in [-0.15, -0.1) is 0 Å². The van der Waals surface area contributed by atoms with Crippen LogP contribution in [0.4, 0.5) is 8.78 Å². The van der Waals surface area contributed by atoms with Gasteiger partial charge in [-0.1, -0.05) is 11.3 Å². The van der Waals surface area contributed by atoms with Crippen molar-refractivity contribution in [3.8, 4) is 5.88 Å². The molecule has 0 amide bonds. The molecule has 4 rings (SSSR count). The first-order valence-corrected chi connectivity index (χ1v) is 8.75. The molecule has 1 aliphatic rings. The fraction of sp³-hybridized carbons (Fsp3) is 0.375. The predicted molar refractivity (Wildman–Crippen MR) is 89.8 cm³/mol. The summed E-state index contributed by atoms with van der Waals surface area (Å²) in [6.07, 6.45) is 1.35. The van der Waals surface area contributed by atoms with Crippen LogP contribution in [0.1, 0.15) is 16.5 Å². The lowest BCUT2D eigenvalue weighted by molar-refractivity contribution is 0.125. The molecular formula is C16H17F2N5OS. The Balaban J connectivity index is 1.84. The normalized spacial score (nSPS) is 18.0. The minimum atomic E-state index is -0.585. The maximum Gasteiger partial charge on any atom is 0.230 e. The molecule has 1 aliphatic heterocycles. The molecule has 9 heteroatoms. The topological polar surface area (TPSA) is 56.9 Å². The lowest BCUT2D eigenvalue weighted by atomic mass is 10.0. The first-order chi connectivity index (χ1) is 12.0. The number of piperazine rings is 1. The van der Waals surface area contributed by atoms with Crippen LogP contribution in [0.15, 0.2) is 24.5 Å². The quantitative estimate of drug-likeness (QED) is 0.771. The van der Waals surface area contributed by atoms with Crippen molar-refractivity contribution in [2.24, 2.45) is 0 Å². The molecule has 25 heavy (non-hydrogen) atoms. The zero-order valence-corrected chi connectivity index (χ0v) is 14.4. The molecule has 3 aromatic rings. The number of likely N-dealkylation sites (N-methyl/N-ethyl adjacent to an activating group) is 1. The SMILES string of the molecule is CN1CCN([C@@H](c2cc(F)ccc2F)c2sc3ncnn3c2O)CC1. The van der Waals surface area contributed by atoms with Gasteiger partial charge >= 0.3 is 0 Å². The minimum Gasteiger partial charge on any atom is -0.492 e. The number of rotatable bonds is 3. The van der Waals surface area contributed by atoms with Crippen LogP contribution in [0.25, 0.3) is 4.96 Å². The van der Waals surface area contributed by atoms with Crippen molar-refractivity contribution in [2.75, 3.05) is 33.2 Å². The van der Waals surface area contributed by atoms with Crippen LogP contribution in [0.3, 0.4) is 0 Å². The van der Waals surface area contributed by atoms with Gasteiger partial charge in [0.15, 0.2) is 0 Å². The summed E-state index contributed by atoms with van der Waals surface area (Å²) >= 11 is 1.24. The Morgan fingerprint density at radius 1 is 1.20 bits per heavy atom. The molecule has 1 fully saturated rings. The van der Waals surface area contributed by atoms with Crippen molar-refractivity contribution in [1.82, 2.24) is 24.4 Å². The van der Waals surface area contributed by atoms with Crippen LogP contribution < -0.4 is 0 Å². The van der Waals surface area contributed by atoms with Crippen LogP contribution in [0.2, 0.25) is 0 Å². The second-order valence-electron chi connectivity index (χ2n) is 6.15. The third kappa shape index (κ3) is 2.88. The fourth-order valence-corrected chi connectivity index (χ4v) is 4.26. The molecule has 0 aliphatic carbocycles. The Morgan fingerprint density at radius 3 is 2.68 bits per heavy atom. The Kier molecular flexibility index (Phi) is 4.14. The summed E-state index contributed by atoms with van der Waals surface area (Å²) in [6.45, 7) is 3.00. The van der Waals surface area contributed by atoms with Crippen LogP contribution >= 0.6 is 11.3 Å². The van der Waals surface area contributed by atoms with Gasteiger partial charge in [-0.05, 0) is 25.2 Å². The Hall–Kier alpha value is -2.10. The van der Waals surface area contributed by atoms with E-state index in [1.54, 1.807) is 0 Å². The maximum absolute atomic E-state index is 14.5. The minimum absolute atomic E-state index is 0.0786. The largest absolute Gasteiger partial charge is 0.492 e. The van der Waals surface area contributed by atoms with Crippen molar-refractivity contribution in [3.63, 3.8) is 0 Å². The number of aromatic hydroxyl groups is 1. The first-order valence-electron chi connectivity index (χ1n) is 7.93. The second-order valence-corrected chi connectivity index (χ2v) is 7.16. The average Bonchev–Trinajstić information content (AvgIpc) is 3.17. The zero-order chi connectivity index (χ0) is 17.6. The number of hydrogen-bond donors (Lipinski definition) is 1. The molecule has 6 nitrogen and oxygen atoms in total. The highest BCUT2D eigenvalue weighted by molar-refractivity contribution is 7.17. The summed E-state index contributed by atoms with van der Waals surface area (Å²) in [7, 11) is 2.02. The number of aromatic nitrogens is 3. The lowest BCUT2D eigenvalue weighted by Gasteiger charge is -2.37. The van der Waals surface area contributed by atoms with E-state index in [1.165, 1.54) is 28.2 Å². The highest BCUT2D eigenvalue weighted by Crippen LogP contribution is 2.40. The number of halogens is 2. The molecule has 0 unspecified atom stereocenters. The van der Waals surface area contributed by atoms with E-state index in [4.69, 9.17) is 0 Å². The molecule has 0 bridgehead atoms. The highest BCUT2D eigenvalue weighted by Gasteiger charge is 2.32. The van der Waals surface area contributed by atoms with Gasteiger partial charge < -0.3 is 10.0 Å². The Bertz CT molecular complexity index is 903. The third-order valence-electron chi connectivity index (χ3n) is 4.54. The molecule has 0 saturated carbocycles. The zero-order valence-electron chi connectivity index (χ0n) is 13.6. The molecule has 2 aromatic heterocycles. The molecule has 1 N–H and O–H groups in total. The monoisotopic (exact) mass is 365 g/mol. The van der Waals surface area contributed by atoms with Crippen molar-refractivity contribution in [2.45, 2.75) is 6.04 Å². The van der Waals surface area contributed by atoms with Crippen molar-refractivity contribution in [3.05, 3.63) is 46.6 Å². The summed E-state index contributed by atoms with van der Waals surface area (Å²) in [5.74, 6) is -1.08.